The molecule has 0 heterocycles. The average Bonchev–Trinajstić information content (AvgIpc) is 2.75. The highest BCUT2D eigenvalue weighted by Gasteiger charge is 2.31. The summed E-state index contributed by atoms with van der Waals surface area (Å²) >= 11 is 0. The third kappa shape index (κ3) is 3.83. The van der Waals surface area contributed by atoms with E-state index in [-0.39, 0.29) is 11.9 Å². The first-order valence-electron chi connectivity index (χ1n) is 7.77. The van der Waals surface area contributed by atoms with Crippen LogP contribution in [0.1, 0.15) is 62.6 Å². The molecule has 1 aromatic carbocycles. The van der Waals surface area contributed by atoms with E-state index < -0.39 is 6.10 Å². The minimum atomic E-state index is -0.489. The SMILES string of the molecule is CCCCCCCC(=O)NC1c2ccccc2CC1O. The number of unbranched alkanes of at least 4 members (excludes halogenated alkanes) is 4. The van der Waals surface area contributed by atoms with Crippen LogP contribution in [0, 0.1) is 0 Å². The van der Waals surface area contributed by atoms with Crippen LogP contribution in [-0.4, -0.2) is 17.1 Å². The van der Waals surface area contributed by atoms with Gasteiger partial charge in [-0.15, -0.1) is 0 Å². The van der Waals surface area contributed by atoms with E-state index in [1.807, 2.05) is 24.3 Å². The van der Waals surface area contributed by atoms with E-state index in [9.17, 15) is 9.90 Å². The molecule has 0 spiro atoms. The number of hydrogen-bond donors (Lipinski definition) is 2. The van der Waals surface area contributed by atoms with Gasteiger partial charge in [-0.25, -0.2) is 0 Å². The summed E-state index contributed by atoms with van der Waals surface area (Å²) in [5.41, 5.74) is 2.22. The molecule has 3 heteroatoms. The molecule has 20 heavy (non-hydrogen) atoms. The van der Waals surface area contributed by atoms with Crippen molar-refractivity contribution in [3.8, 4) is 0 Å². The molecule has 1 aromatic rings. The Labute approximate surface area is 121 Å². The minimum absolute atomic E-state index is 0.0576. The molecule has 0 radical (unpaired) electrons. The number of nitrogens with one attached hydrogen (secondary N) is 1. The van der Waals surface area contributed by atoms with Crippen molar-refractivity contribution in [2.24, 2.45) is 0 Å². The number of aliphatic hydroxyl groups excluding tert-OH is 1. The van der Waals surface area contributed by atoms with E-state index in [1.54, 1.807) is 0 Å². The molecule has 0 bridgehead atoms. The summed E-state index contributed by atoms with van der Waals surface area (Å²) in [6.07, 6.45) is 6.44. The molecular formula is C17H25NO2. The second-order valence-electron chi connectivity index (χ2n) is 5.68. The van der Waals surface area contributed by atoms with Gasteiger partial charge >= 0.3 is 0 Å². The Bertz CT molecular complexity index is 444. The lowest BCUT2D eigenvalue weighted by Crippen LogP contribution is -2.33. The summed E-state index contributed by atoms with van der Waals surface area (Å²) in [5, 5.41) is 13.1. The lowest BCUT2D eigenvalue weighted by Gasteiger charge is -2.18. The van der Waals surface area contributed by atoms with E-state index in [0.29, 0.717) is 12.8 Å². The zero-order chi connectivity index (χ0) is 14.4. The molecule has 1 aliphatic rings. The fourth-order valence-electron chi connectivity index (χ4n) is 2.88. The van der Waals surface area contributed by atoms with Gasteiger partial charge in [0.2, 0.25) is 5.91 Å². The van der Waals surface area contributed by atoms with Crippen LogP contribution in [-0.2, 0) is 11.2 Å². The van der Waals surface area contributed by atoms with Crippen LogP contribution in [0.5, 0.6) is 0 Å². The predicted molar refractivity (Wildman–Crippen MR) is 80.4 cm³/mol. The zero-order valence-corrected chi connectivity index (χ0v) is 12.3. The molecule has 0 aliphatic heterocycles. The van der Waals surface area contributed by atoms with E-state index >= 15 is 0 Å². The van der Waals surface area contributed by atoms with Crippen LogP contribution in [0.2, 0.25) is 0 Å². The van der Waals surface area contributed by atoms with Crippen molar-refractivity contribution in [1.82, 2.24) is 5.32 Å². The van der Waals surface area contributed by atoms with Crippen molar-refractivity contribution in [3.63, 3.8) is 0 Å². The topological polar surface area (TPSA) is 49.3 Å². The minimum Gasteiger partial charge on any atom is -0.390 e. The van der Waals surface area contributed by atoms with Crippen LogP contribution < -0.4 is 5.32 Å². The Morgan fingerprint density at radius 2 is 2.00 bits per heavy atom. The van der Waals surface area contributed by atoms with Gasteiger partial charge in [0.15, 0.2) is 0 Å². The van der Waals surface area contributed by atoms with E-state index in [4.69, 9.17) is 0 Å². The largest absolute Gasteiger partial charge is 0.390 e. The Hall–Kier alpha value is -1.35. The van der Waals surface area contributed by atoms with Gasteiger partial charge in [0, 0.05) is 12.8 Å². The van der Waals surface area contributed by atoms with Gasteiger partial charge < -0.3 is 10.4 Å². The molecule has 2 rings (SSSR count). The van der Waals surface area contributed by atoms with Gasteiger partial charge in [0.05, 0.1) is 12.1 Å². The normalized spacial score (nSPS) is 20.7. The van der Waals surface area contributed by atoms with Crippen molar-refractivity contribution in [3.05, 3.63) is 35.4 Å². The fourth-order valence-corrected chi connectivity index (χ4v) is 2.88. The van der Waals surface area contributed by atoms with Crippen molar-refractivity contribution >= 4 is 5.91 Å². The second-order valence-corrected chi connectivity index (χ2v) is 5.68. The monoisotopic (exact) mass is 275 g/mol. The molecule has 0 fully saturated rings. The highest BCUT2D eigenvalue weighted by atomic mass is 16.3. The maximum absolute atomic E-state index is 12.0. The fraction of sp³-hybridized carbons (Fsp3) is 0.588. The maximum atomic E-state index is 12.0. The Balaban J connectivity index is 1.80. The van der Waals surface area contributed by atoms with Crippen molar-refractivity contribution in [2.75, 3.05) is 0 Å². The van der Waals surface area contributed by atoms with Gasteiger partial charge in [-0.2, -0.15) is 0 Å². The highest BCUT2D eigenvalue weighted by molar-refractivity contribution is 5.76. The van der Waals surface area contributed by atoms with Crippen molar-refractivity contribution in [2.45, 2.75) is 64.0 Å². The third-order valence-electron chi connectivity index (χ3n) is 4.03. The molecule has 1 aliphatic carbocycles. The molecule has 3 nitrogen and oxygen atoms in total. The number of benzene rings is 1. The molecular weight excluding hydrogens is 250 g/mol. The van der Waals surface area contributed by atoms with Gasteiger partial charge in [-0.3, -0.25) is 4.79 Å². The summed E-state index contributed by atoms with van der Waals surface area (Å²) in [7, 11) is 0. The Morgan fingerprint density at radius 3 is 2.80 bits per heavy atom. The molecule has 0 saturated heterocycles. The number of rotatable bonds is 7. The summed E-state index contributed by atoms with van der Waals surface area (Å²) < 4.78 is 0. The molecule has 2 unspecified atom stereocenters. The van der Waals surface area contributed by atoms with E-state index in [2.05, 4.69) is 12.2 Å². The van der Waals surface area contributed by atoms with E-state index in [0.717, 1.165) is 24.0 Å². The molecule has 0 saturated carbocycles. The first-order chi connectivity index (χ1) is 9.72. The lowest BCUT2D eigenvalue weighted by atomic mass is 10.1. The molecule has 2 atom stereocenters. The van der Waals surface area contributed by atoms with Gasteiger partial charge in [0.1, 0.15) is 0 Å². The summed E-state index contributed by atoms with van der Waals surface area (Å²) in [5.74, 6) is 0.0576. The Kier molecular flexibility index (Phi) is 5.60. The summed E-state index contributed by atoms with van der Waals surface area (Å²) in [6.45, 7) is 2.19. The number of fused-ring (bicyclic) bond motifs is 1. The summed E-state index contributed by atoms with van der Waals surface area (Å²) in [4.78, 5) is 12.0. The van der Waals surface area contributed by atoms with Gasteiger partial charge in [0.25, 0.3) is 0 Å². The smallest absolute Gasteiger partial charge is 0.220 e. The van der Waals surface area contributed by atoms with Crippen LogP contribution in [0.3, 0.4) is 0 Å². The number of aliphatic hydroxyl groups is 1. The summed E-state index contributed by atoms with van der Waals surface area (Å²) in [6, 6.07) is 7.73. The molecule has 2 N–H and O–H groups in total. The van der Waals surface area contributed by atoms with Crippen LogP contribution >= 0.6 is 0 Å². The second kappa shape index (κ2) is 7.44. The maximum Gasteiger partial charge on any atom is 0.220 e. The first-order valence-corrected chi connectivity index (χ1v) is 7.77. The molecule has 1 amide bonds. The Morgan fingerprint density at radius 1 is 1.25 bits per heavy atom. The van der Waals surface area contributed by atoms with E-state index in [1.165, 1.54) is 19.3 Å². The first kappa shape index (κ1) is 15.0. The lowest BCUT2D eigenvalue weighted by molar-refractivity contribution is -0.122. The predicted octanol–water partition coefficient (Wildman–Crippen LogP) is 3.12. The molecule has 110 valence electrons. The standard InChI is InChI=1S/C17H25NO2/c1-2-3-4-5-6-11-16(20)18-17-14-10-8-7-9-13(14)12-15(17)19/h7-10,15,17,19H,2-6,11-12H2,1H3,(H,18,20). The van der Waals surface area contributed by atoms with Crippen LogP contribution in [0.15, 0.2) is 24.3 Å². The van der Waals surface area contributed by atoms with Crippen LogP contribution in [0.4, 0.5) is 0 Å². The van der Waals surface area contributed by atoms with Gasteiger partial charge in [-0.1, -0.05) is 56.9 Å². The highest BCUT2D eigenvalue weighted by Crippen LogP contribution is 2.31. The van der Waals surface area contributed by atoms with Gasteiger partial charge in [-0.05, 0) is 17.5 Å². The number of carbonyl (C=O) groups is 1. The molecule has 0 aromatic heterocycles. The number of carbonyl (C=O) groups excluding carboxylic acids is 1. The zero-order valence-electron chi connectivity index (χ0n) is 12.3. The average molecular weight is 275 g/mol. The van der Waals surface area contributed by atoms with Crippen molar-refractivity contribution in [1.29, 1.82) is 0 Å². The quantitative estimate of drug-likeness (QED) is 0.751. The third-order valence-corrected chi connectivity index (χ3v) is 4.03. The van der Waals surface area contributed by atoms with Crippen molar-refractivity contribution < 1.29 is 9.90 Å². The number of hydrogen-bond acceptors (Lipinski definition) is 2. The van der Waals surface area contributed by atoms with Crippen LogP contribution in [0.25, 0.3) is 0 Å². The number of amides is 1.